The van der Waals surface area contributed by atoms with Crippen molar-refractivity contribution < 1.29 is 9.84 Å². The Hall–Kier alpha value is -4.74. The standard InChI is InChI=1S/C24H19N3O3.C4H6N2/c1-27-21-11-10-17(24(29)16-8-6-15(14-25)7-9-16)12-19(21)18(13-23(27)28)20-4-3-5-22(26-20)30-2;1-6-3-2-5-4-6/h3-13,24,29H,1-2H3;2-4H,1H3. The Balaban J connectivity index is 0.000000445. The minimum absolute atomic E-state index is 0.150. The summed E-state index contributed by atoms with van der Waals surface area (Å²) in [5.41, 5.74) is 3.75. The minimum atomic E-state index is -0.870. The van der Waals surface area contributed by atoms with Gasteiger partial charge in [-0.2, -0.15) is 5.26 Å². The van der Waals surface area contributed by atoms with Crippen molar-refractivity contribution >= 4 is 10.9 Å². The van der Waals surface area contributed by atoms with E-state index in [1.807, 2.05) is 42.1 Å². The van der Waals surface area contributed by atoms with Gasteiger partial charge >= 0.3 is 0 Å². The van der Waals surface area contributed by atoms with Gasteiger partial charge in [0, 0.05) is 49.6 Å². The number of rotatable bonds is 4. The van der Waals surface area contributed by atoms with E-state index in [-0.39, 0.29) is 5.56 Å². The summed E-state index contributed by atoms with van der Waals surface area (Å²) in [5, 5.41) is 20.7. The molecule has 1 N–H and O–H groups in total. The number of hydrogen-bond donors (Lipinski definition) is 1. The van der Waals surface area contributed by atoms with Crippen molar-refractivity contribution in [2.75, 3.05) is 7.11 Å². The number of aliphatic hydroxyl groups is 1. The smallest absolute Gasteiger partial charge is 0.251 e. The zero-order valence-corrected chi connectivity index (χ0v) is 20.2. The summed E-state index contributed by atoms with van der Waals surface area (Å²) in [6, 6.07) is 21.3. The molecule has 1 unspecified atom stereocenters. The SMILES string of the molecule is COc1cccc(-c2cc(=O)n(C)c3ccc(C(O)c4ccc(C#N)cc4)cc23)n1.Cn1ccnc1. The summed E-state index contributed by atoms with van der Waals surface area (Å²) in [6.07, 6.45) is 4.52. The molecular formula is C28H25N5O3. The van der Waals surface area contributed by atoms with Crippen LogP contribution in [-0.2, 0) is 14.1 Å². The highest BCUT2D eigenvalue weighted by Gasteiger charge is 2.15. The van der Waals surface area contributed by atoms with Gasteiger partial charge < -0.3 is 19.0 Å². The van der Waals surface area contributed by atoms with E-state index >= 15 is 0 Å². The maximum Gasteiger partial charge on any atom is 0.251 e. The number of hydrogen-bond acceptors (Lipinski definition) is 6. The largest absolute Gasteiger partial charge is 0.481 e. The van der Waals surface area contributed by atoms with Gasteiger partial charge in [-0.15, -0.1) is 0 Å². The van der Waals surface area contributed by atoms with E-state index in [1.165, 1.54) is 0 Å². The third kappa shape index (κ3) is 5.17. The Morgan fingerprint density at radius 3 is 2.39 bits per heavy atom. The second-order valence-electron chi connectivity index (χ2n) is 8.16. The van der Waals surface area contributed by atoms with Crippen molar-refractivity contribution in [3.8, 4) is 23.2 Å². The van der Waals surface area contributed by atoms with Crippen molar-refractivity contribution in [2.24, 2.45) is 14.1 Å². The van der Waals surface area contributed by atoms with Crippen LogP contribution in [0.4, 0.5) is 0 Å². The van der Waals surface area contributed by atoms with Crippen molar-refractivity contribution in [3.05, 3.63) is 112 Å². The molecule has 0 radical (unpaired) electrons. The van der Waals surface area contributed by atoms with Crippen LogP contribution in [0.15, 0.2) is 90.2 Å². The lowest BCUT2D eigenvalue weighted by Crippen LogP contribution is -2.16. The van der Waals surface area contributed by atoms with E-state index in [0.29, 0.717) is 33.8 Å². The molecule has 8 heteroatoms. The first-order chi connectivity index (χ1) is 17.4. The molecule has 0 amide bonds. The molecule has 2 aromatic carbocycles. The van der Waals surface area contributed by atoms with Crippen LogP contribution in [0.3, 0.4) is 0 Å². The lowest BCUT2D eigenvalue weighted by Gasteiger charge is -2.15. The predicted molar refractivity (Wildman–Crippen MR) is 137 cm³/mol. The van der Waals surface area contributed by atoms with Crippen molar-refractivity contribution in [3.63, 3.8) is 0 Å². The van der Waals surface area contributed by atoms with Crippen molar-refractivity contribution in [1.82, 2.24) is 19.1 Å². The Kier molecular flexibility index (Phi) is 7.23. The van der Waals surface area contributed by atoms with Gasteiger partial charge in [0.2, 0.25) is 5.88 Å². The monoisotopic (exact) mass is 479 g/mol. The first-order valence-corrected chi connectivity index (χ1v) is 11.2. The molecule has 0 spiro atoms. The number of aromatic nitrogens is 4. The number of fused-ring (bicyclic) bond motifs is 1. The van der Waals surface area contributed by atoms with Crippen molar-refractivity contribution in [2.45, 2.75) is 6.10 Å². The Bertz CT molecular complexity index is 1580. The fourth-order valence-electron chi connectivity index (χ4n) is 3.80. The highest BCUT2D eigenvalue weighted by atomic mass is 16.5. The number of pyridine rings is 2. The fraction of sp³-hybridized carbons (Fsp3) is 0.143. The average Bonchev–Trinajstić information content (AvgIpc) is 3.41. The molecule has 0 aliphatic carbocycles. The van der Waals surface area contributed by atoms with Crippen LogP contribution in [0.2, 0.25) is 0 Å². The van der Waals surface area contributed by atoms with Crippen LogP contribution in [0.25, 0.3) is 22.2 Å². The van der Waals surface area contributed by atoms with Gasteiger partial charge in [-0.1, -0.05) is 24.3 Å². The molecule has 5 aromatic rings. The summed E-state index contributed by atoms with van der Waals surface area (Å²) >= 11 is 0. The zero-order chi connectivity index (χ0) is 25.7. The molecule has 1 atom stereocenters. The average molecular weight is 480 g/mol. The molecule has 0 aliphatic heterocycles. The molecule has 0 fully saturated rings. The molecule has 36 heavy (non-hydrogen) atoms. The predicted octanol–water partition coefficient (Wildman–Crippen LogP) is 3.98. The van der Waals surface area contributed by atoms with E-state index in [1.54, 1.807) is 73.7 Å². The summed E-state index contributed by atoms with van der Waals surface area (Å²) in [5.74, 6) is 0.454. The number of nitriles is 1. The van der Waals surface area contributed by atoms with Crippen molar-refractivity contribution in [1.29, 1.82) is 5.26 Å². The maximum absolute atomic E-state index is 12.5. The number of methoxy groups -OCH3 is 1. The van der Waals surface area contributed by atoms with Gasteiger partial charge in [-0.3, -0.25) is 4.79 Å². The van der Waals surface area contributed by atoms with Gasteiger partial charge in [0.15, 0.2) is 0 Å². The number of nitrogens with zero attached hydrogens (tertiary/aromatic N) is 5. The lowest BCUT2D eigenvalue weighted by atomic mass is 9.96. The van der Waals surface area contributed by atoms with Crippen LogP contribution in [0.5, 0.6) is 5.88 Å². The molecule has 3 aromatic heterocycles. The minimum Gasteiger partial charge on any atom is -0.481 e. The number of ether oxygens (including phenoxy) is 1. The maximum atomic E-state index is 12.5. The second kappa shape index (κ2) is 10.7. The summed E-state index contributed by atoms with van der Waals surface area (Å²) in [7, 11) is 5.19. The summed E-state index contributed by atoms with van der Waals surface area (Å²) in [6.45, 7) is 0. The molecule has 0 saturated carbocycles. The molecule has 180 valence electrons. The Morgan fingerprint density at radius 2 is 1.78 bits per heavy atom. The van der Waals surface area contributed by atoms with Gasteiger partial charge in [-0.25, -0.2) is 9.97 Å². The van der Waals surface area contributed by atoms with E-state index in [4.69, 9.17) is 10.00 Å². The third-order valence-electron chi connectivity index (χ3n) is 5.79. The van der Waals surface area contributed by atoms with Gasteiger partial charge in [-0.05, 0) is 41.5 Å². The molecule has 0 aliphatic rings. The number of aliphatic hydroxyl groups excluding tert-OH is 1. The fourth-order valence-corrected chi connectivity index (χ4v) is 3.80. The first-order valence-electron chi connectivity index (χ1n) is 11.2. The molecular weight excluding hydrogens is 454 g/mol. The molecule has 5 rings (SSSR count). The van der Waals surface area contributed by atoms with E-state index in [2.05, 4.69) is 16.0 Å². The highest BCUT2D eigenvalue weighted by molar-refractivity contribution is 5.94. The van der Waals surface area contributed by atoms with Crippen LogP contribution >= 0.6 is 0 Å². The third-order valence-corrected chi connectivity index (χ3v) is 5.79. The number of imidazole rings is 1. The van der Waals surface area contributed by atoms with Crippen LogP contribution < -0.4 is 10.3 Å². The quantitative estimate of drug-likeness (QED) is 0.418. The molecule has 0 bridgehead atoms. The van der Waals surface area contributed by atoms with E-state index in [9.17, 15) is 9.90 Å². The zero-order valence-electron chi connectivity index (χ0n) is 20.2. The normalized spacial score (nSPS) is 11.3. The summed E-state index contributed by atoms with van der Waals surface area (Å²) < 4.78 is 8.68. The van der Waals surface area contributed by atoms with Crippen LogP contribution in [-0.4, -0.2) is 31.3 Å². The van der Waals surface area contributed by atoms with Gasteiger partial charge in [0.05, 0.1) is 36.3 Å². The van der Waals surface area contributed by atoms with Gasteiger partial charge in [0.25, 0.3) is 5.56 Å². The Labute approximate surface area is 208 Å². The van der Waals surface area contributed by atoms with E-state index < -0.39 is 6.10 Å². The lowest BCUT2D eigenvalue weighted by molar-refractivity contribution is 0.220. The number of aryl methyl sites for hydroxylation is 2. The van der Waals surface area contributed by atoms with Gasteiger partial charge in [0.1, 0.15) is 6.10 Å². The number of benzene rings is 2. The van der Waals surface area contributed by atoms with Crippen LogP contribution in [0.1, 0.15) is 22.8 Å². The molecule has 8 nitrogen and oxygen atoms in total. The highest BCUT2D eigenvalue weighted by Crippen LogP contribution is 2.31. The molecule has 0 saturated heterocycles. The van der Waals surface area contributed by atoms with Crippen LogP contribution in [0, 0.1) is 11.3 Å². The topological polar surface area (TPSA) is 106 Å². The molecule has 3 heterocycles. The first kappa shape index (κ1) is 24.4. The second-order valence-corrected chi connectivity index (χ2v) is 8.16. The summed E-state index contributed by atoms with van der Waals surface area (Å²) in [4.78, 5) is 20.8. The Morgan fingerprint density at radius 1 is 1.03 bits per heavy atom. The van der Waals surface area contributed by atoms with E-state index in [0.717, 1.165) is 10.9 Å².